The number of benzene rings is 2. The Bertz CT molecular complexity index is 1080. The Labute approximate surface area is 206 Å². The number of hydrogen-bond donors (Lipinski definition) is 0. The first-order chi connectivity index (χ1) is 17.1. The second-order valence-electron chi connectivity index (χ2n) is 8.43. The lowest BCUT2D eigenvalue weighted by atomic mass is 10.1. The summed E-state index contributed by atoms with van der Waals surface area (Å²) in [6.45, 7) is 3.72. The maximum absolute atomic E-state index is 13.1. The number of carbonyl (C=O) groups is 2. The molecule has 2 aromatic carbocycles. The van der Waals surface area contributed by atoms with E-state index in [2.05, 4.69) is 14.9 Å². The molecule has 4 rings (SSSR count). The number of ether oxygens (including phenoxy) is 1. The Morgan fingerprint density at radius 2 is 1.69 bits per heavy atom. The van der Waals surface area contributed by atoms with E-state index < -0.39 is 0 Å². The van der Waals surface area contributed by atoms with Crippen molar-refractivity contribution < 1.29 is 14.3 Å². The quantitative estimate of drug-likeness (QED) is 0.476. The largest absolute Gasteiger partial charge is 0.497 e. The maximum Gasteiger partial charge on any atom is 0.274 e. The smallest absolute Gasteiger partial charge is 0.274 e. The average molecular weight is 474 g/mol. The maximum atomic E-state index is 13.1. The van der Waals surface area contributed by atoms with E-state index in [0.29, 0.717) is 38.3 Å². The van der Waals surface area contributed by atoms with Gasteiger partial charge in [0, 0.05) is 63.8 Å². The van der Waals surface area contributed by atoms with Gasteiger partial charge < -0.3 is 19.4 Å². The third-order valence-corrected chi connectivity index (χ3v) is 6.25. The van der Waals surface area contributed by atoms with Crippen molar-refractivity contribution in [1.82, 2.24) is 19.8 Å². The number of carbonyl (C=O) groups excluding carboxylic acids is 2. The van der Waals surface area contributed by atoms with E-state index in [1.54, 1.807) is 18.2 Å². The first kappa shape index (κ1) is 24.2. The summed E-state index contributed by atoms with van der Waals surface area (Å²) in [7, 11) is 1.66. The zero-order valence-corrected chi connectivity index (χ0v) is 20.0. The van der Waals surface area contributed by atoms with Gasteiger partial charge in [0.1, 0.15) is 11.4 Å². The van der Waals surface area contributed by atoms with Crippen LogP contribution in [0.1, 0.15) is 22.5 Å². The van der Waals surface area contributed by atoms with Gasteiger partial charge in [0.05, 0.1) is 13.3 Å². The molecule has 0 unspecified atom stereocenters. The molecule has 0 radical (unpaired) electrons. The minimum Gasteiger partial charge on any atom is -0.497 e. The number of aromatic nitrogens is 2. The predicted octanol–water partition coefficient (Wildman–Crippen LogP) is 2.91. The van der Waals surface area contributed by atoms with Crippen LogP contribution in [0.15, 0.2) is 73.2 Å². The summed E-state index contributed by atoms with van der Waals surface area (Å²) in [5.74, 6) is 0.692. The zero-order valence-electron chi connectivity index (χ0n) is 20.0. The predicted molar refractivity (Wildman–Crippen MR) is 134 cm³/mol. The lowest BCUT2D eigenvalue weighted by Gasteiger charge is -2.36. The topological polar surface area (TPSA) is 78.9 Å². The standard InChI is InChI=1S/C27H31N5O3/c1-35-24-9-7-23(8-10-24)30-17-19-31(20-18-30)26(33)12-16-32(15-11-22-5-3-2-4-6-22)27(34)25-21-28-13-14-29-25/h2-10,13-14,21H,11-12,15-20H2,1H3. The van der Waals surface area contributed by atoms with Crippen LogP contribution in [-0.4, -0.2) is 78.0 Å². The second-order valence-corrected chi connectivity index (χ2v) is 8.43. The molecule has 2 heterocycles. The van der Waals surface area contributed by atoms with Crippen molar-refractivity contribution in [2.45, 2.75) is 12.8 Å². The van der Waals surface area contributed by atoms with Gasteiger partial charge >= 0.3 is 0 Å². The van der Waals surface area contributed by atoms with Gasteiger partial charge in [-0.1, -0.05) is 30.3 Å². The Morgan fingerprint density at radius 1 is 0.943 bits per heavy atom. The van der Waals surface area contributed by atoms with Gasteiger partial charge in [-0.3, -0.25) is 14.6 Å². The molecule has 0 aliphatic carbocycles. The van der Waals surface area contributed by atoms with Crippen LogP contribution in [0.5, 0.6) is 5.75 Å². The van der Waals surface area contributed by atoms with E-state index in [1.165, 1.54) is 12.4 Å². The fourth-order valence-electron chi connectivity index (χ4n) is 4.19. The second kappa shape index (κ2) is 12.0. The molecular weight excluding hydrogens is 442 g/mol. The molecule has 0 atom stereocenters. The van der Waals surface area contributed by atoms with Crippen LogP contribution < -0.4 is 9.64 Å². The minimum atomic E-state index is -0.203. The van der Waals surface area contributed by atoms with Crippen LogP contribution in [0.25, 0.3) is 0 Å². The molecule has 8 nitrogen and oxygen atoms in total. The SMILES string of the molecule is COc1ccc(N2CCN(C(=O)CCN(CCc3ccccc3)C(=O)c3cnccn3)CC2)cc1. The normalized spacial score (nSPS) is 13.4. The van der Waals surface area contributed by atoms with E-state index in [9.17, 15) is 9.59 Å². The van der Waals surface area contributed by atoms with Crippen LogP contribution in [0, 0.1) is 0 Å². The van der Waals surface area contributed by atoms with E-state index in [1.807, 2.05) is 59.5 Å². The molecule has 1 aliphatic rings. The fourth-order valence-corrected chi connectivity index (χ4v) is 4.19. The molecule has 1 fully saturated rings. The van der Waals surface area contributed by atoms with E-state index >= 15 is 0 Å². The van der Waals surface area contributed by atoms with Gasteiger partial charge in [-0.15, -0.1) is 0 Å². The van der Waals surface area contributed by atoms with Gasteiger partial charge in [-0.05, 0) is 36.2 Å². The monoisotopic (exact) mass is 473 g/mol. The minimum absolute atomic E-state index is 0.0658. The van der Waals surface area contributed by atoms with Crippen LogP contribution in [0.4, 0.5) is 5.69 Å². The van der Waals surface area contributed by atoms with Crippen molar-refractivity contribution in [2.24, 2.45) is 0 Å². The lowest BCUT2D eigenvalue weighted by Crippen LogP contribution is -2.49. The molecule has 35 heavy (non-hydrogen) atoms. The number of methoxy groups -OCH3 is 1. The third-order valence-electron chi connectivity index (χ3n) is 6.25. The lowest BCUT2D eigenvalue weighted by molar-refractivity contribution is -0.131. The summed E-state index contributed by atoms with van der Waals surface area (Å²) >= 11 is 0. The summed E-state index contributed by atoms with van der Waals surface area (Å²) in [6, 6.07) is 18.0. The molecule has 1 saturated heterocycles. The van der Waals surface area contributed by atoms with Crippen LogP contribution in [0.2, 0.25) is 0 Å². The van der Waals surface area contributed by atoms with Gasteiger partial charge in [-0.25, -0.2) is 4.98 Å². The van der Waals surface area contributed by atoms with Crippen molar-refractivity contribution in [1.29, 1.82) is 0 Å². The van der Waals surface area contributed by atoms with Crippen LogP contribution >= 0.6 is 0 Å². The molecule has 1 aromatic heterocycles. The number of amides is 2. The Hall–Kier alpha value is -3.94. The molecular formula is C27H31N5O3. The van der Waals surface area contributed by atoms with Crippen molar-refractivity contribution >= 4 is 17.5 Å². The van der Waals surface area contributed by atoms with Crippen LogP contribution in [0.3, 0.4) is 0 Å². The highest BCUT2D eigenvalue weighted by molar-refractivity contribution is 5.92. The number of nitrogens with zero attached hydrogens (tertiary/aromatic N) is 5. The van der Waals surface area contributed by atoms with Gasteiger partial charge in [-0.2, -0.15) is 0 Å². The van der Waals surface area contributed by atoms with E-state index in [0.717, 1.165) is 30.1 Å². The first-order valence-electron chi connectivity index (χ1n) is 11.9. The molecule has 0 N–H and O–H groups in total. The van der Waals surface area contributed by atoms with Gasteiger partial charge in [0.15, 0.2) is 0 Å². The highest BCUT2D eigenvalue weighted by Crippen LogP contribution is 2.20. The molecule has 3 aromatic rings. The summed E-state index contributed by atoms with van der Waals surface area (Å²) in [5, 5.41) is 0. The van der Waals surface area contributed by atoms with Crippen LogP contribution in [-0.2, 0) is 11.2 Å². The van der Waals surface area contributed by atoms with Gasteiger partial charge in [0.2, 0.25) is 5.91 Å². The van der Waals surface area contributed by atoms with Crippen molar-refractivity contribution in [3.05, 3.63) is 84.4 Å². The molecule has 1 aliphatic heterocycles. The van der Waals surface area contributed by atoms with E-state index in [-0.39, 0.29) is 18.2 Å². The van der Waals surface area contributed by atoms with Crippen molar-refractivity contribution in [2.75, 3.05) is 51.3 Å². The van der Waals surface area contributed by atoms with Crippen molar-refractivity contribution in [3.63, 3.8) is 0 Å². The van der Waals surface area contributed by atoms with Gasteiger partial charge in [0.25, 0.3) is 5.91 Å². The average Bonchev–Trinajstić information content (AvgIpc) is 2.94. The Kier molecular flexibility index (Phi) is 8.27. The molecule has 0 spiro atoms. The summed E-state index contributed by atoms with van der Waals surface area (Å²) in [6.07, 6.45) is 5.51. The Morgan fingerprint density at radius 3 is 2.34 bits per heavy atom. The molecule has 0 saturated carbocycles. The number of anilines is 1. The van der Waals surface area contributed by atoms with Crippen molar-refractivity contribution in [3.8, 4) is 5.75 Å². The highest BCUT2D eigenvalue weighted by Gasteiger charge is 2.23. The molecule has 182 valence electrons. The third kappa shape index (κ3) is 6.56. The molecule has 2 amide bonds. The van der Waals surface area contributed by atoms with E-state index in [4.69, 9.17) is 4.74 Å². The summed E-state index contributed by atoms with van der Waals surface area (Å²) in [5.41, 5.74) is 2.56. The zero-order chi connectivity index (χ0) is 24.5. The number of piperazine rings is 1. The summed E-state index contributed by atoms with van der Waals surface area (Å²) in [4.78, 5) is 40.1. The fraction of sp³-hybridized carbons (Fsp3) is 0.333. The number of hydrogen-bond acceptors (Lipinski definition) is 6. The Balaban J connectivity index is 1.32. The molecule has 8 heteroatoms. The molecule has 0 bridgehead atoms. The number of rotatable bonds is 9. The highest BCUT2D eigenvalue weighted by atomic mass is 16.5. The summed E-state index contributed by atoms with van der Waals surface area (Å²) < 4.78 is 5.23. The first-order valence-corrected chi connectivity index (χ1v) is 11.9.